The van der Waals surface area contributed by atoms with Crippen LogP contribution in [-0.4, -0.2) is 34.2 Å². The van der Waals surface area contributed by atoms with Crippen LogP contribution in [-0.2, 0) is 4.79 Å². The minimum absolute atomic E-state index is 0.395. The van der Waals surface area contributed by atoms with Crippen LogP contribution in [0.3, 0.4) is 0 Å². The molecule has 21 heavy (non-hydrogen) atoms. The van der Waals surface area contributed by atoms with E-state index in [1.54, 1.807) is 6.07 Å². The van der Waals surface area contributed by atoms with E-state index in [-0.39, 0.29) is 0 Å². The van der Waals surface area contributed by atoms with E-state index >= 15 is 0 Å². The summed E-state index contributed by atoms with van der Waals surface area (Å²) in [5, 5.41) is 12.7. The summed E-state index contributed by atoms with van der Waals surface area (Å²) in [4.78, 5) is 19.8. The van der Waals surface area contributed by atoms with Crippen LogP contribution in [0, 0.1) is 5.41 Å². The molecular formula is C15H23N3O3. The average molecular weight is 293 g/mol. The van der Waals surface area contributed by atoms with Gasteiger partial charge < -0.3 is 15.2 Å². The van der Waals surface area contributed by atoms with Crippen molar-refractivity contribution in [2.45, 2.75) is 45.4 Å². The molecule has 0 aliphatic heterocycles. The van der Waals surface area contributed by atoms with Gasteiger partial charge in [0.2, 0.25) is 5.88 Å². The molecule has 0 saturated heterocycles. The smallest absolute Gasteiger partial charge is 0.311 e. The van der Waals surface area contributed by atoms with E-state index in [1.807, 2.05) is 6.92 Å². The zero-order chi connectivity index (χ0) is 15.1. The van der Waals surface area contributed by atoms with Gasteiger partial charge in [-0.2, -0.15) is 0 Å². The highest BCUT2D eigenvalue weighted by atomic mass is 16.5. The molecule has 1 aromatic heterocycles. The van der Waals surface area contributed by atoms with Crippen molar-refractivity contribution in [3.8, 4) is 5.88 Å². The van der Waals surface area contributed by atoms with Gasteiger partial charge in [0.1, 0.15) is 12.1 Å². The number of rotatable bonds is 7. The standard InChI is InChI=1S/C15H23N3O3/c1-2-8-21-13-9-12(17-11-18-13)16-10-15(14(19)20)6-4-3-5-7-15/h9,11H,2-8,10H2,1H3,(H,19,20)(H,16,17,18). The first-order chi connectivity index (χ1) is 10.2. The lowest BCUT2D eigenvalue weighted by Crippen LogP contribution is -2.39. The van der Waals surface area contributed by atoms with Crippen molar-refractivity contribution in [2.75, 3.05) is 18.5 Å². The lowest BCUT2D eigenvalue weighted by molar-refractivity contribution is -0.150. The summed E-state index contributed by atoms with van der Waals surface area (Å²) in [6.45, 7) is 3.03. The van der Waals surface area contributed by atoms with Gasteiger partial charge >= 0.3 is 5.97 Å². The molecule has 0 bridgehead atoms. The third-order valence-electron chi connectivity index (χ3n) is 3.97. The number of carbonyl (C=O) groups is 1. The Kier molecular flexibility index (Phi) is 5.36. The van der Waals surface area contributed by atoms with Gasteiger partial charge in [-0.15, -0.1) is 0 Å². The molecule has 1 heterocycles. The van der Waals surface area contributed by atoms with Crippen molar-refractivity contribution < 1.29 is 14.6 Å². The summed E-state index contributed by atoms with van der Waals surface area (Å²) < 4.78 is 5.45. The third-order valence-corrected chi connectivity index (χ3v) is 3.97. The van der Waals surface area contributed by atoms with Crippen LogP contribution in [0.2, 0.25) is 0 Å². The highest BCUT2D eigenvalue weighted by Crippen LogP contribution is 2.36. The summed E-state index contributed by atoms with van der Waals surface area (Å²) in [7, 11) is 0. The third kappa shape index (κ3) is 4.06. The van der Waals surface area contributed by atoms with Crippen LogP contribution in [0.1, 0.15) is 45.4 Å². The van der Waals surface area contributed by atoms with Crippen LogP contribution >= 0.6 is 0 Å². The van der Waals surface area contributed by atoms with Gasteiger partial charge in [-0.1, -0.05) is 26.2 Å². The Morgan fingerprint density at radius 2 is 2.14 bits per heavy atom. The molecule has 0 amide bonds. The van der Waals surface area contributed by atoms with Gasteiger partial charge in [0.25, 0.3) is 0 Å². The lowest BCUT2D eigenvalue weighted by atomic mass is 9.74. The summed E-state index contributed by atoms with van der Waals surface area (Å²) in [6, 6.07) is 1.72. The van der Waals surface area contributed by atoms with Crippen molar-refractivity contribution in [3.63, 3.8) is 0 Å². The molecule has 2 rings (SSSR count). The number of nitrogens with zero attached hydrogens (tertiary/aromatic N) is 2. The second kappa shape index (κ2) is 7.24. The van der Waals surface area contributed by atoms with Crippen LogP contribution in [0.25, 0.3) is 0 Å². The predicted molar refractivity (Wildman–Crippen MR) is 79.5 cm³/mol. The number of hydrogen-bond acceptors (Lipinski definition) is 5. The minimum atomic E-state index is -0.716. The number of ether oxygens (including phenoxy) is 1. The fourth-order valence-corrected chi connectivity index (χ4v) is 2.68. The fourth-order valence-electron chi connectivity index (χ4n) is 2.68. The first-order valence-electron chi connectivity index (χ1n) is 7.58. The maximum absolute atomic E-state index is 11.6. The number of carboxylic acid groups (broad SMARTS) is 1. The van der Waals surface area contributed by atoms with Crippen molar-refractivity contribution >= 4 is 11.8 Å². The summed E-state index contributed by atoms with van der Waals surface area (Å²) >= 11 is 0. The zero-order valence-electron chi connectivity index (χ0n) is 12.5. The van der Waals surface area contributed by atoms with E-state index in [2.05, 4.69) is 15.3 Å². The van der Waals surface area contributed by atoms with Crippen LogP contribution < -0.4 is 10.1 Å². The number of anilines is 1. The van der Waals surface area contributed by atoms with E-state index in [0.717, 1.165) is 38.5 Å². The highest BCUT2D eigenvalue weighted by molar-refractivity contribution is 5.75. The monoisotopic (exact) mass is 293 g/mol. The average Bonchev–Trinajstić information content (AvgIpc) is 2.52. The van der Waals surface area contributed by atoms with Crippen LogP contribution in [0.5, 0.6) is 5.88 Å². The van der Waals surface area contributed by atoms with Gasteiger partial charge in [0, 0.05) is 12.6 Å². The molecule has 2 N–H and O–H groups in total. The van der Waals surface area contributed by atoms with Crippen molar-refractivity contribution in [3.05, 3.63) is 12.4 Å². The van der Waals surface area contributed by atoms with Crippen LogP contribution in [0.4, 0.5) is 5.82 Å². The number of aromatic nitrogens is 2. The second-order valence-electron chi connectivity index (χ2n) is 5.59. The Bertz CT molecular complexity index is 473. The molecule has 6 heteroatoms. The lowest BCUT2D eigenvalue weighted by Gasteiger charge is -2.33. The number of carboxylic acids is 1. The normalized spacial score (nSPS) is 17.2. The van der Waals surface area contributed by atoms with Crippen molar-refractivity contribution in [1.29, 1.82) is 0 Å². The largest absolute Gasteiger partial charge is 0.481 e. The SMILES string of the molecule is CCCOc1cc(NCC2(C(=O)O)CCCCC2)ncn1. The molecule has 1 fully saturated rings. The van der Waals surface area contributed by atoms with Gasteiger partial charge in [-0.25, -0.2) is 9.97 Å². The Morgan fingerprint density at radius 1 is 1.38 bits per heavy atom. The molecule has 0 radical (unpaired) electrons. The molecular weight excluding hydrogens is 270 g/mol. The van der Waals surface area contributed by atoms with Gasteiger partial charge in [0.05, 0.1) is 12.0 Å². The van der Waals surface area contributed by atoms with Gasteiger partial charge in [0.15, 0.2) is 0 Å². The zero-order valence-corrected chi connectivity index (χ0v) is 12.5. The molecule has 0 aromatic carbocycles. The quantitative estimate of drug-likeness (QED) is 0.804. The Hall–Kier alpha value is -1.85. The Morgan fingerprint density at radius 3 is 2.81 bits per heavy atom. The molecule has 6 nitrogen and oxygen atoms in total. The van der Waals surface area contributed by atoms with Gasteiger partial charge in [-0.05, 0) is 19.3 Å². The number of nitrogens with one attached hydrogen (secondary N) is 1. The van der Waals surface area contributed by atoms with E-state index in [1.165, 1.54) is 6.33 Å². The van der Waals surface area contributed by atoms with E-state index < -0.39 is 11.4 Å². The second-order valence-corrected chi connectivity index (χ2v) is 5.59. The summed E-state index contributed by atoms with van der Waals surface area (Å²) in [6.07, 6.45) is 6.86. The molecule has 0 atom stereocenters. The summed E-state index contributed by atoms with van der Waals surface area (Å²) in [5.74, 6) is 0.413. The van der Waals surface area contributed by atoms with Crippen LogP contribution in [0.15, 0.2) is 12.4 Å². The number of aliphatic carboxylic acids is 1. The van der Waals surface area contributed by atoms with Gasteiger partial charge in [-0.3, -0.25) is 4.79 Å². The topological polar surface area (TPSA) is 84.3 Å². The molecule has 116 valence electrons. The fraction of sp³-hybridized carbons (Fsp3) is 0.667. The number of hydrogen-bond donors (Lipinski definition) is 2. The molecule has 0 unspecified atom stereocenters. The van der Waals surface area contributed by atoms with Crippen molar-refractivity contribution in [1.82, 2.24) is 9.97 Å². The molecule has 1 aliphatic rings. The maximum atomic E-state index is 11.6. The first-order valence-corrected chi connectivity index (χ1v) is 7.58. The molecule has 1 saturated carbocycles. The Balaban J connectivity index is 1.99. The van der Waals surface area contributed by atoms with Crippen molar-refractivity contribution in [2.24, 2.45) is 5.41 Å². The minimum Gasteiger partial charge on any atom is -0.481 e. The van der Waals surface area contributed by atoms with E-state index in [0.29, 0.717) is 24.8 Å². The maximum Gasteiger partial charge on any atom is 0.311 e. The van der Waals surface area contributed by atoms with E-state index in [4.69, 9.17) is 4.74 Å². The molecule has 1 aliphatic carbocycles. The Labute approximate surface area is 124 Å². The first kappa shape index (κ1) is 15.5. The summed E-state index contributed by atoms with van der Waals surface area (Å²) in [5.41, 5.74) is -0.673. The highest BCUT2D eigenvalue weighted by Gasteiger charge is 2.39. The molecule has 1 aromatic rings. The molecule has 0 spiro atoms. The predicted octanol–water partition coefficient (Wildman–Crippen LogP) is 2.71. The van der Waals surface area contributed by atoms with E-state index in [9.17, 15) is 9.90 Å².